The molecule has 3 aromatic heterocycles. The molecular formula is C9H4N4O4. The quantitative estimate of drug-likeness (QED) is 0.526. The Kier molecular flexibility index (Phi) is 1.87. The van der Waals surface area contributed by atoms with E-state index in [1.54, 1.807) is 0 Å². The molecular weight excluding hydrogens is 228 g/mol. The number of fused-ring (bicyclic) bond motifs is 1. The lowest BCUT2D eigenvalue weighted by atomic mass is 10.6. The zero-order chi connectivity index (χ0) is 11.8. The topological polar surface area (TPSA) is 104 Å². The molecule has 0 amide bonds. The Bertz CT molecular complexity index is 845. The highest BCUT2D eigenvalue weighted by Crippen LogP contribution is 2.03. The Morgan fingerprint density at radius 1 is 1.06 bits per heavy atom. The summed E-state index contributed by atoms with van der Waals surface area (Å²) in [7, 11) is 0. The minimum absolute atomic E-state index is 0.0915. The van der Waals surface area contributed by atoms with E-state index in [0.29, 0.717) is 5.65 Å². The molecule has 0 fully saturated rings. The average molecular weight is 232 g/mol. The lowest BCUT2D eigenvalue weighted by molar-refractivity contribution is 0.515. The van der Waals surface area contributed by atoms with Crippen LogP contribution in [0.2, 0.25) is 0 Å². The van der Waals surface area contributed by atoms with Gasteiger partial charge in [-0.25, -0.2) is 9.59 Å². The molecule has 0 radical (unpaired) electrons. The van der Waals surface area contributed by atoms with E-state index in [1.165, 1.54) is 16.9 Å². The van der Waals surface area contributed by atoms with Gasteiger partial charge >= 0.3 is 17.1 Å². The van der Waals surface area contributed by atoms with Crippen LogP contribution in [0.5, 0.6) is 0 Å². The zero-order valence-corrected chi connectivity index (χ0v) is 8.23. The molecule has 3 aromatic rings. The Hall–Kier alpha value is -2.77. The van der Waals surface area contributed by atoms with Crippen LogP contribution in [0.4, 0.5) is 0 Å². The Morgan fingerprint density at radius 3 is 2.65 bits per heavy atom. The third kappa shape index (κ3) is 1.61. The second kappa shape index (κ2) is 3.37. The summed E-state index contributed by atoms with van der Waals surface area (Å²) in [4.78, 5) is 30.2. The molecule has 0 atom stereocenters. The Balaban J connectivity index is 2.67. The van der Waals surface area contributed by atoms with Gasteiger partial charge in [0.15, 0.2) is 5.65 Å². The molecule has 8 heteroatoms. The van der Waals surface area contributed by atoms with Crippen molar-refractivity contribution in [1.82, 2.24) is 19.6 Å². The summed E-state index contributed by atoms with van der Waals surface area (Å²) >= 11 is 0. The van der Waals surface area contributed by atoms with Crippen LogP contribution in [0, 0.1) is 0 Å². The van der Waals surface area contributed by atoms with Crippen molar-refractivity contribution in [3.05, 3.63) is 45.4 Å². The predicted octanol–water partition coefficient (Wildman–Crippen LogP) is -0.254. The molecule has 0 saturated heterocycles. The van der Waals surface area contributed by atoms with E-state index in [-0.39, 0.29) is 11.6 Å². The van der Waals surface area contributed by atoms with Crippen LogP contribution in [-0.2, 0) is 0 Å². The van der Waals surface area contributed by atoms with Gasteiger partial charge in [0.25, 0.3) is 0 Å². The fraction of sp³-hybridized carbons (Fsp3) is 0. The molecule has 0 unspecified atom stereocenters. The van der Waals surface area contributed by atoms with Crippen molar-refractivity contribution in [2.75, 3.05) is 0 Å². The maximum atomic E-state index is 11.3. The van der Waals surface area contributed by atoms with Crippen molar-refractivity contribution >= 4 is 17.2 Å². The van der Waals surface area contributed by atoms with E-state index in [2.05, 4.69) is 15.1 Å². The number of rotatable bonds is 0. The Morgan fingerprint density at radius 2 is 1.82 bits per heavy atom. The molecule has 0 saturated carbocycles. The molecule has 3 heterocycles. The minimum atomic E-state index is -0.755. The van der Waals surface area contributed by atoms with Gasteiger partial charge in [-0.2, -0.15) is 9.50 Å². The van der Waals surface area contributed by atoms with Gasteiger partial charge in [-0.3, -0.25) is 4.98 Å². The summed E-state index contributed by atoms with van der Waals surface area (Å²) in [5, 5.41) is 3.85. The molecule has 0 spiro atoms. The van der Waals surface area contributed by atoms with Crippen molar-refractivity contribution < 1.29 is 8.83 Å². The zero-order valence-electron chi connectivity index (χ0n) is 8.23. The molecule has 0 N–H and O–H groups in total. The maximum Gasteiger partial charge on any atom is 0.344 e. The summed E-state index contributed by atoms with van der Waals surface area (Å²) in [5.41, 5.74) is -1.08. The highest BCUT2D eigenvalue weighted by atomic mass is 16.4. The van der Waals surface area contributed by atoms with E-state index < -0.39 is 11.3 Å². The van der Waals surface area contributed by atoms with Crippen molar-refractivity contribution in [1.29, 1.82) is 0 Å². The SMILES string of the molecule is O=c1ccc(=O)oc2cncc3nc(nn32)o1. The smallest absolute Gasteiger partial charge is 0.344 e. The maximum absolute atomic E-state index is 11.3. The van der Waals surface area contributed by atoms with E-state index in [1.807, 2.05) is 0 Å². The molecule has 0 aliphatic rings. The predicted molar refractivity (Wildman–Crippen MR) is 54.2 cm³/mol. The van der Waals surface area contributed by atoms with Gasteiger partial charge in [0.05, 0.1) is 12.4 Å². The molecule has 0 aromatic carbocycles. The number of nitrogens with zero attached hydrogens (tertiary/aromatic N) is 4. The van der Waals surface area contributed by atoms with E-state index >= 15 is 0 Å². The van der Waals surface area contributed by atoms with Crippen LogP contribution in [0.15, 0.2) is 42.9 Å². The molecule has 0 aliphatic heterocycles. The summed E-state index contributed by atoms with van der Waals surface area (Å²) in [6.07, 6.45) is 2.70. The second-order valence-electron chi connectivity index (χ2n) is 3.09. The standard InChI is InChI=1S/C9H4N4O4/c14-7-1-2-8(15)17-9-11-5-3-10-4-6(16-7)13(5)12-9/h1-4H. The fourth-order valence-corrected chi connectivity index (χ4v) is 1.28. The third-order valence-corrected chi connectivity index (χ3v) is 1.95. The van der Waals surface area contributed by atoms with Crippen molar-refractivity contribution in [3.63, 3.8) is 0 Å². The van der Waals surface area contributed by atoms with E-state index in [9.17, 15) is 9.59 Å². The molecule has 84 valence electrons. The van der Waals surface area contributed by atoms with Gasteiger partial charge in [-0.15, -0.1) is 5.10 Å². The van der Waals surface area contributed by atoms with Gasteiger partial charge in [0.1, 0.15) is 0 Å². The number of hydrogen-bond acceptors (Lipinski definition) is 7. The number of aromatic nitrogens is 4. The molecule has 8 nitrogen and oxygen atoms in total. The first-order valence-electron chi connectivity index (χ1n) is 4.55. The third-order valence-electron chi connectivity index (χ3n) is 1.95. The molecule has 17 heavy (non-hydrogen) atoms. The van der Waals surface area contributed by atoms with Gasteiger partial charge in [-0.1, -0.05) is 0 Å². The van der Waals surface area contributed by atoms with Gasteiger partial charge in [-0.05, 0) is 0 Å². The largest absolute Gasteiger partial charge is 0.402 e. The monoisotopic (exact) mass is 232 g/mol. The number of hydrogen-bond donors (Lipinski definition) is 0. The second-order valence-corrected chi connectivity index (χ2v) is 3.09. The highest BCUT2D eigenvalue weighted by molar-refractivity contribution is 5.47. The summed E-state index contributed by atoms with van der Waals surface area (Å²) in [5.74, 6) is -0.133. The first kappa shape index (κ1) is 9.46. The molecule has 3 rings (SSSR count). The first-order chi connectivity index (χ1) is 8.22. The average Bonchev–Trinajstić information content (AvgIpc) is 2.69. The van der Waals surface area contributed by atoms with E-state index in [0.717, 1.165) is 12.1 Å². The minimum Gasteiger partial charge on any atom is -0.402 e. The molecule has 2 bridgehead atoms. The summed E-state index contributed by atoms with van der Waals surface area (Å²) in [6, 6.07) is 1.89. The van der Waals surface area contributed by atoms with Gasteiger partial charge in [0, 0.05) is 12.1 Å². The van der Waals surface area contributed by atoms with Crippen LogP contribution < -0.4 is 11.3 Å². The van der Waals surface area contributed by atoms with Gasteiger partial charge in [0.2, 0.25) is 5.71 Å². The van der Waals surface area contributed by atoms with Crippen LogP contribution in [0.3, 0.4) is 0 Å². The Labute approximate surface area is 91.8 Å². The van der Waals surface area contributed by atoms with Crippen molar-refractivity contribution in [2.24, 2.45) is 0 Å². The van der Waals surface area contributed by atoms with Crippen molar-refractivity contribution in [2.45, 2.75) is 0 Å². The van der Waals surface area contributed by atoms with Crippen LogP contribution >= 0.6 is 0 Å². The lowest BCUT2D eigenvalue weighted by Crippen LogP contribution is -2.00. The lowest BCUT2D eigenvalue weighted by Gasteiger charge is -1.89. The summed E-state index contributed by atoms with van der Waals surface area (Å²) in [6.45, 7) is 0. The van der Waals surface area contributed by atoms with E-state index in [4.69, 9.17) is 8.83 Å². The van der Waals surface area contributed by atoms with Crippen LogP contribution in [0.25, 0.3) is 17.2 Å². The highest BCUT2D eigenvalue weighted by Gasteiger charge is 2.04. The van der Waals surface area contributed by atoms with Crippen LogP contribution in [0.1, 0.15) is 0 Å². The fourth-order valence-electron chi connectivity index (χ4n) is 1.28. The normalized spacial score (nSPS) is 10.8. The molecule has 0 aliphatic carbocycles. The van der Waals surface area contributed by atoms with Gasteiger partial charge < -0.3 is 8.83 Å². The first-order valence-corrected chi connectivity index (χ1v) is 4.55. The van der Waals surface area contributed by atoms with Crippen LogP contribution in [-0.4, -0.2) is 19.6 Å². The van der Waals surface area contributed by atoms with Crippen molar-refractivity contribution in [3.8, 4) is 0 Å². The summed E-state index contributed by atoms with van der Waals surface area (Å²) < 4.78 is 10.9.